The van der Waals surface area contributed by atoms with Crippen molar-refractivity contribution in [1.82, 2.24) is 0 Å². The van der Waals surface area contributed by atoms with E-state index >= 15 is 0 Å². The molecule has 0 fully saturated rings. The third-order valence-electron chi connectivity index (χ3n) is 2.01. The van der Waals surface area contributed by atoms with Crippen LogP contribution >= 0.6 is 0 Å². The molecule has 0 spiro atoms. The van der Waals surface area contributed by atoms with Gasteiger partial charge < -0.3 is 10.5 Å². The van der Waals surface area contributed by atoms with Gasteiger partial charge in [-0.25, -0.2) is 0 Å². The Kier molecular flexibility index (Phi) is 3.39. The maximum Gasteiger partial charge on any atom is 0.165 e. The fourth-order valence-corrected chi connectivity index (χ4v) is 1.35. The molecule has 2 N–H and O–H groups in total. The number of rotatable bonds is 3. The minimum Gasteiger partial charge on any atom is -0.506 e. The van der Waals surface area contributed by atoms with Crippen LogP contribution in [-0.2, 0) is 4.79 Å². The summed E-state index contributed by atoms with van der Waals surface area (Å²) in [6.07, 6.45) is 0. The zero-order chi connectivity index (χ0) is 11.4. The predicted molar refractivity (Wildman–Crippen MR) is 60.1 cm³/mol. The Morgan fingerprint density at radius 3 is 2.13 bits per heavy atom. The van der Waals surface area contributed by atoms with Gasteiger partial charge in [-0.1, -0.05) is 30.3 Å². The second-order valence-electron chi connectivity index (χ2n) is 3.27. The van der Waals surface area contributed by atoms with Crippen molar-refractivity contribution in [3.05, 3.63) is 41.5 Å². The van der Waals surface area contributed by atoms with Crippen LogP contribution in [0.2, 0.25) is 0 Å². The smallest absolute Gasteiger partial charge is 0.165 e. The van der Waals surface area contributed by atoms with Crippen molar-refractivity contribution in [1.29, 1.82) is 5.41 Å². The van der Waals surface area contributed by atoms with Gasteiger partial charge in [0.2, 0.25) is 0 Å². The summed E-state index contributed by atoms with van der Waals surface area (Å²) in [6.45, 7) is 2.82. The quantitative estimate of drug-likeness (QED) is 0.450. The molecule has 3 nitrogen and oxygen atoms in total. The first-order valence-corrected chi connectivity index (χ1v) is 4.59. The van der Waals surface area contributed by atoms with Crippen molar-refractivity contribution < 1.29 is 9.90 Å². The highest BCUT2D eigenvalue weighted by atomic mass is 16.3. The molecule has 0 aliphatic rings. The number of hydrogen-bond acceptors (Lipinski definition) is 3. The Hall–Kier alpha value is -1.90. The van der Waals surface area contributed by atoms with E-state index in [-0.39, 0.29) is 22.8 Å². The lowest BCUT2D eigenvalue weighted by Crippen LogP contribution is -2.08. The molecule has 0 unspecified atom stereocenters. The van der Waals surface area contributed by atoms with E-state index in [0.717, 1.165) is 0 Å². The highest BCUT2D eigenvalue weighted by Gasteiger charge is 2.14. The molecule has 0 aliphatic heterocycles. The number of allylic oxidation sites excluding steroid dienone is 1. The number of carbonyl (C=O) groups is 1. The lowest BCUT2D eigenvalue weighted by molar-refractivity contribution is -0.113. The van der Waals surface area contributed by atoms with E-state index in [0.29, 0.717) is 5.56 Å². The molecule has 0 radical (unpaired) electrons. The zero-order valence-corrected chi connectivity index (χ0v) is 8.74. The van der Waals surface area contributed by atoms with Crippen LogP contribution in [0.25, 0.3) is 5.76 Å². The number of aliphatic hydroxyl groups excluding tert-OH is 1. The van der Waals surface area contributed by atoms with Gasteiger partial charge in [0, 0.05) is 11.3 Å². The van der Waals surface area contributed by atoms with Crippen molar-refractivity contribution in [2.75, 3.05) is 0 Å². The number of nitrogens with one attached hydrogen (secondary N) is 1. The monoisotopic (exact) mass is 203 g/mol. The molecule has 0 atom stereocenters. The standard InChI is InChI=1S/C12H13NO2/c1-8(13)11(9(2)14)12(15)10-6-4-3-5-7-10/h3-7,13,15H,1-2H3/b12-11+,13-8?. The summed E-state index contributed by atoms with van der Waals surface area (Å²) in [6, 6.07) is 8.75. The summed E-state index contributed by atoms with van der Waals surface area (Å²) in [5.41, 5.74) is 0.694. The Morgan fingerprint density at radius 1 is 1.20 bits per heavy atom. The van der Waals surface area contributed by atoms with Gasteiger partial charge >= 0.3 is 0 Å². The Balaban J connectivity index is 3.29. The van der Waals surface area contributed by atoms with Crippen molar-refractivity contribution in [3.8, 4) is 0 Å². The fourth-order valence-electron chi connectivity index (χ4n) is 1.35. The predicted octanol–water partition coefficient (Wildman–Crippen LogP) is 2.58. The van der Waals surface area contributed by atoms with E-state index in [1.165, 1.54) is 13.8 Å². The van der Waals surface area contributed by atoms with Crippen LogP contribution in [0.15, 0.2) is 35.9 Å². The third-order valence-corrected chi connectivity index (χ3v) is 2.01. The average molecular weight is 203 g/mol. The second-order valence-corrected chi connectivity index (χ2v) is 3.27. The maximum absolute atomic E-state index is 11.2. The normalized spacial score (nSPS) is 11.9. The lowest BCUT2D eigenvalue weighted by atomic mass is 10.0. The van der Waals surface area contributed by atoms with Gasteiger partial charge in [0.25, 0.3) is 0 Å². The van der Waals surface area contributed by atoms with Crippen LogP contribution < -0.4 is 0 Å². The van der Waals surface area contributed by atoms with E-state index in [1.807, 2.05) is 6.07 Å². The molecule has 78 valence electrons. The van der Waals surface area contributed by atoms with Crippen LogP contribution in [0, 0.1) is 5.41 Å². The van der Waals surface area contributed by atoms with Crippen molar-refractivity contribution in [2.24, 2.45) is 0 Å². The topological polar surface area (TPSA) is 61.2 Å². The average Bonchev–Trinajstić information content (AvgIpc) is 2.18. The molecule has 0 aliphatic carbocycles. The number of hydrogen-bond donors (Lipinski definition) is 2. The molecule has 0 bridgehead atoms. The molecule has 1 aromatic rings. The van der Waals surface area contributed by atoms with Gasteiger partial charge in [0.05, 0.1) is 5.57 Å². The molecule has 15 heavy (non-hydrogen) atoms. The van der Waals surface area contributed by atoms with Crippen molar-refractivity contribution >= 4 is 17.3 Å². The van der Waals surface area contributed by atoms with Crippen LogP contribution in [0.3, 0.4) is 0 Å². The van der Waals surface area contributed by atoms with Gasteiger partial charge in [-0.05, 0) is 13.8 Å². The van der Waals surface area contributed by atoms with Gasteiger partial charge in [0.1, 0.15) is 5.76 Å². The van der Waals surface area contributed by atoms with E-state index in [1.54, 1.807) is 24.3 Å². The molecular weight excluding hydrogens is 190 g/mol. The highest BCUT2D eigenvalue weighted by molar-refractivity contribution is 6.23. The van der Waals surface area contributed by atoms with Crippen molar-refractivity contribution in [3.63, 3.8) is 0 Å². The van der Waals surface area contributed by atoms with Gasteiger partial charge in [-0.2, -0.15) is 0 Å². The molecule has 1 aromatic carbocycles. The molecule has 0 amide bonds. The largest absolute Gasteiger partial charge is 0.506 e. The second kappa shape index (κ2) is 4.55. The molecular formula is C12H13NO2. The summed E-state index contributed by atoms with van der Waals surface area (Å²) >= 11 is 0. The lowest BCUT2D eigenvalue weighted by Gasteiger charge is -2.06. The molecule has 3 heteroatoms. The Bertz CT molecular complexity index is 403. The SMILES string of the molecule is CC(=N)/C(C(C)=O)=C(\O)c1ccccc1. The van der Waals surface area contributed by atoms with E-state index < -0.39 is 0 Å². The number of ketones is 1. The first-order chi connectivity index (χ1) is 7.04. The first-order valence-electron chi connectivity index (χ1n) is 4.59. The molecule has 0 heterocycles. The van der Waals surface area contributed by atoms with Gasteiger partial charge in [0.15, 0.2) is 5.78 Å². The zero-order valence-electron chi connectivity index (χ0n) is 8.74. The van der Waals surface area contributed by atoms with Crippen LogP contribution in [0.1, 0.15) is 19.4 Å². The van der Waals surface area contributed by atoms with Crippen molar-refractivity contribution in [2.45, 2.75) is 13.8 Å². The van der Waals surface area contributed by atoms with Gasteiger partial charge in [-0.3, -0.25) is 4.79 Å². The van der Waals surface area contributed by atoms with Crippen LogP contribution in [-0.4, -0.2) is 16.6 Å². The first kappa shape index (κ1) is 11.2. The summed E-state index contributed by atoms with van der Waals surface area (Å²) < 4.78 is 0. The Morgan fingerprint density at radius 2 is 1.73 bits per heavy atom. The van der Waals surface area contributed by atoms with E-state index in [9.17, 15) is 9.90 Å². The number of benzene rings is 1. The Labute approximate surface area is 88.6 Å². The van der Waals surface area contributed by atoms with E-state index in [2.05, 4.69) is 0 Å². The van der Waals surface area contributed by atoms with E-state index in [4.69, 9.17) is 5.41 Å². The molecule has 1 rings (SSSR count). The minimum absolute atomic E-state index is 0.0706. The molecule has 0 saturated carbocycles. The number of carbonyl (C=O) groups excluding carboxylic acids is 1. The summed E-state index contributed by atoms with van der Waals surface area (Å²) in [4.78, 5) is 11.2. The number of aliphatic hydroxyl groups is 1. The fraction of sp³-hybridized carbons (Fsp3) is 0.167. The maximum atomic E-state index is 11.2. The number of Topliss-reactive ketones (excluding diaryl/α,β-unsaturated/α-hetero) is 1. The van der Waals surface area contributed by atoms with Gasteiger partial charge in [-0.15, -0.1) is 0 Å². The van der Waals surface area contributed by atoms with Crippen LogP contribution in [0.5, 0.6) is 0 Å². The van der Waals surface area contributed by atoms with Crippen LogP contribution in [0.4, 0.5) is 0 Å². The summed E-state index contributed by atoms with van der Waals surface area (Å²) in [5.74, 6) is -0.431. The summed E-state index contributed by atoms with van der Waals surface area (Å²) in [7, 11) is 0. The summed E-state index contributed by atoms with van der Waals surface area (Å²) in [5, 5.41) is 17.3. The highest BCUT2D eigenvalue weighted by Crippen LogP contribution is 2.17. The minimum atomic E-state index is -0.302. The third kappa shape index (κ3) is 2.53. The molecule has 0 aromatic heterocycles. The molecule has 0 saturated heterocycles.